The van der Waals surface area contributed by atoms with E-state index in [1.165, 1.54) is 12.1 Å². The molecule has 1 aliphatic heterocycles. The molecule has 2 atom stereocenters. The Kier molecular flexibility index (Phi) is 3.95. The van der Waals surface area contributed by atoms with Gasteiger partial charge in [0.1, 0.15) is 0 Å². The smallest absolute Gasteiger partial charge is 0.258 e. The van der Waals surface area contributed by atoms with Crippen molar-refractivity contribution in [2.75, 3.05) is 13.1 Å². The number of carbonyl (C=O) groups excluding carboxylic acids is 1. The summed E-state index contributed by atoms with van der Waals surface area (Å²) >= 11 is 0. The first-order valence-corrected chi connectivity index (χ1v) is 6.58. The van der Waals surface area contributed by atoms with Crippen LogP contribution in [0.1, 0.15) is 30.1 Å². The van der Waals surface area contributed by atoms with E-state index in [-0.39, 0.29) is 29.0 Å². The minimum atomic E-state index is -0.360. The van der Waals surface area contributed by atoms with E-state index in [2.05, 4.69) is 6.92 Å². The van der Waals surface area contributed by atoms with E-state index in [1.54, 1.807) is 11.0 Å². The number of nitrogens with zero attached hydrogens (tertiary/aromatic N) is 1. The number of rotatable bonds is 2. The van der Waals surface area contributed by atoms with Crippen molar-refractivity contribution in [1.82, 2.24) is 4.90 Å². The standard InChI is InChI=1S/C14H20N2O3/c1-9-4-3-7-16(11(9)8-15)14(19)10-5-2-6-12(17)13(10)18/h2,5-6,9,11,17-18H,3-4,7-8,15H2,1H3. The van der Waals surface area contributed by atoms with Gasteiger partial charge in [-0.05, 0) is 30.9 Å². The van der Waals surface area contributed by atoms with Crippen molar-refractivity contribution in [2.24, 2.45) is 11.7 Å². The highest BCUT2D eigenvalue weighted by Crippen LogP contribution is 2.31. The van der Waals surface area contributed by atoms with Crippen molar-refractivity contribution in [3.05, 3.63) is 23.8 Å². The molecule has 0 aliphatic carbocycles. The van der Waals surface area contributed by atoms with Gasteiger partial charge in [0.25, 0.3) is 5.91 Å². The fourth-order valence-electron chi connectivity index (χ4n) is 2.72. The molecule has 19 heavy (non-hydrogen) atoms. The molecule has 2 unspecified atom stereocenters. The Morgan fingerprint density at radius 1 is 1.47 bits per heavy atom. The van der Waals surface area contributed by atoms with E-state index in [0.717, 1.165) is 12.8 Å². The van der Waals surface area contributed by atoms with Gasteiger partial charge in [-0.25, -0.2) is 0 Å². The second kappa shape index (κ2) is 5.48. The van der Waals surface area contributed by atoms with Crippen molar-refractivity contribution in [1.29, 1.82) is 0 Å². The topological polar surface area (TPSA) is 86.8 Å². The Morgan fingerprint density at radius 2 is 2.21 bits per heavy atom. The van der Waals surface area contributed by atoms with E-state index in [0.29, 0.717) is 19.0 Å². The normalized spacial score (nSPS) is 23.4. The van der Waals surface area contributed by atoms with Crippen LogP contribution < -0.4 is 5.73 Å². The molecule has 1 aromatic carbocycles. The van der Waals surface area contributed by atoms with Crippen molar-refractivity contribution in [2.45, 2.75) is 25.8 Å². The van der Waals surface area contributed by atoms with Crippen LogP contribution in [-0.2, 0) is 0 Å². The molecule has 1 aliphatic rings. The van der Waals surface area contributed by atoms with Gasteiger partial charge in [0.05, 0.1) is 5.56 Å². The number of amides is 1. The number of piperidine rings is 1. The summed E-state index contributed by atoms with van der Waals surface area (Å²) in [7, 11) is 0. The van der Waals surface area contributed by atoms with Gasteiger partial charge in [-0.3, -0.25) is 4.79 Å². The van der Waals surface area contributed by atoms with Gasteiger partial charge >= 0.3 is 0 Å². The molecule has 1 fully saturated rings. The number of likely N-dealkylation sites (tertiary alicyclic amines) is 1. The molecule has 5 heteroatoms. The van der Waals surface area contributed by atoms with Crippen LogP contribution in [0.4, 0.5) is 0 Å². The lowest BCUT2D eigenvalue weighted by Gasteiger charge is -2.39. The highest BCUT2D eigenvalue weighted by molar-refractivity contribution is 5.97. The molecule has 2 rings (SSSR count). The molecule has 1 amide bonds. The Labute approximate surface area is 112 Å². The summed E-state index contributed by atoms with van der Waals surface area (Å²) < 4.78 is 0. The van der Waals surface area contributed by atoms with E-state index in [4.69, 9.17) is 5.73 Å². The summed E-state index contributed by atoms with van der Waals surface area (Å²) in [6, 6.07) is 4.41. The number of nitrogens with two attached hydrogens (primary N) is 1. The van der Waals surface area contributed by atoms with Gasteiger partial charge in [0, 0.05) is 19.1 Å². The zero-order valence-corrected chi connectivity index (χ0v) is 11.0. The maximum Gasteiger partial charge on any atom is 0.258 e. The Morgan fingerprint density at radius 3 is 2.89 bits per heavy atom. The largest absolute Gasteiger partial charge is 0.504 e. The third-order valence-corrected chi connectivity index (χ3v) is 3.86. The van der Waals surface area contributed by atoms with Gasteiger partial charge in [0.2, 0.25) is 0 Å². The average Bonchev–Trinajstić information content (AvgIpc) is 2.41. The summed E-state index contributed by atoms with van der Waals surface area (Å²) in [5, 5.41) is 19.3. The fraction of sp³-hybridized carbons (Fsp3) is 0.500. The lowest BCUT2D eigenvalue weighted by molar-refractivity contribution is 0.0529. The SMILES string of the molecule is CC1CCCN(C(=O)c2cccc(O)c2O)C1CN. The number of carbonyl (C=O) groups is 1. The number of hydrogen-bond acceptors (Lipinski definition) is 4. The van der Waals surface area contributed by atoms with Crippen molar-refractivity contribution < 1.29 is 15.0 Å². The fourth-order valence-corrected chi connectivity index (χ4v) is 2.72. The quantitative estimate of drug-likeness (QED) is 0.703. The number of aromatic hydroxyl groups is 2. The molecule has 104 valence electrons. The van der Waals surface area contributed by atoms with Gasteiger partial charge in [0.15, 0.2) is 11.5 Å². The molecule has 1 heterocycles. The number of benzene rings is 1. The highest BCUT2D eigenvalue weighted by Gasteiger charge is 2.32. The lowest BCUT2D eigenvalue weighted by atomic mass is 9.90. The zero-order chi connectivity index (χ0) is 14.0. The summed E-state index contributed by atoms with van der Waals surface area (Å²) in [5.41, 5.74) is 5.89. The first kappa shape index (κ1) is 13.7. The first-order valence-electron chi connectivity index (χ1n) is 6.58. The van der Waals surface area contributed by atoms with Crippen LogP contribution in [-0.4, -0.2) is 40.2 Å². The van der Waals surface area contributed by atoms with Crippen LogP contribution in [0.5, 0.6) is 11.5 Å². The van der Waals surface area contributed by atoms with E-state index in [9.17, 15) is 15.0 Å². The molecule has 1 aromatic rings. The highest BCUT2D eigenvalue weighted by atomic mass is 16.3. The Bertz CT molecular complexity index is 476. The van der Waals surface area contributed by atoms with Gasteiger partial charge in [-0.2, -0.15) is 0 Å². The van der Waals surface area contributed by atoms with Gasteiger partial charge in [-0.15, -0.1) is 0 Å². The van der Waals surface area contributed by atoms with Crippen molar-refractivity contribution in [3.63, 3.8) is 0 Å². The second-order valence-electron chi connectivity index (χ2n) is 5.09. The first-order chi connectivity index (χ1) is 9.06. The summed E-state index contributed by atoms with van der Waals surface area (Å²) in [5.74, 6) is -0.556. The minimum Gasteiger partial charge on any atom is -0.504 e. The summed E-state index contributed by atoms with van der Waals surface area (Å²) in [6.07, 6.45) is 1.99. The molecule has 0 spiro atoms. The van der Waals surface area contributed by atoms with Crippen LogP contribution in [0, 0.1) is 5.92 Å². The Balaban J connectivity index is 2.29. The van der Waals surface area contributed by atoms with Gasteiger partial charge in [-0.1, -0.05) is 13.0 Å². The third-order valence-electron chi connectivity index (χ3n) is 3.86. The number of phenols is 2. The Hall–Kier alpha value is -1.75. The monoisotopic (exact) mass is 264 g/mol. The van der Waals surface area contributed by atoms with Crippen molar-refractivity contribution >= 4 is 5.91 Å². The van der Waals surface area contributed by atoms with Crippen LogP contribution in [0.25, 0.3) is 0 Å². The van der Waals surface area contributed by atoms with E-state index < -0.39 is 0 Å². The van der Waals surface area contributed by atoms with Gasteiger partial charge < -0.3 is 20.8 Å². The molecule has 0 radical (unpaired) electrons. The average molecular weight is 264 g/mol. The summed E-state index contributed by atoms with van der Waals surface area (Å²) in [4.78, 5) is 14.2. The van der Waals surface area contributed by atoms with Crippen LogP contribution >= 0.6 is 0 Å². The predicted octanol–water partition coefficient (Wildman–Crippen LogP) is 1.30. The van der Waals surface area contributed by atoms with Crippen LogP contribution in [0.2, 0.25) is 0 Å². The summed E-state index contributed by atoms with van der Waals surface area (Å²) in [6.45, 7) is 3.13. The number of para-hydroxylation sites is 1. The maximum atomic E-state index is 12.5. The molecule has 0 bridgehead atoms. The molecule has 0 saturated carbocycles. The third kappa shape index (κ3) is 2.51. The second-order valence-corrected chi connectivity index (χ2v) is 5.09. The predicted molar refractivity (Wildman–Crippen MR) is 72.0 cm³/mol. The number of hydrogen-bond donors (Lipinski definition) is 3. The molecule has 4 N–H and O–H groups in total. The van der Waals surface area contributed by atoms with Crippen LogP contribution in [0.15, 0.2) is 18.2 Å². The molecule has 0 aromatic heterocycles. The van der Waals surface area contributed by atoms with E-state index >= 15 is 0 Å². The molecular weight excluding hydrogens is 244 g/mol. The minimum absolute atomic E-state index is 0.0111. The van der Waals surface area contributed by atoms with E-state index in [1.807, 2.05) is 0 Å². The lowest BCUT2D eigenvalue weighted by Crippen LogP contribution is -2.51. The molecule has 5 nitrogen and oxygen atoms in total. The maximum absolute atomic E-state index is 12.5. The molecule has 1 saturated heterocycles. The molecular formula is C14H20N2O3. The van der Waals surface area contributed by atoms with Crippen LogP contribution in [0.3, 0.4) is 0 Å². The zero-order valence-electron chi connectivity index (χ0n) is 11.0. The van der Waals surface area contributed by atoms with Crippen molar-refractivity contribution in [3.8, 4) is 11.5 Å². The number of phenolic OH excluding ortho intramolecular Hbond substituents is 2.